The van der Waals surface area contributed by atoms with Crippen molar-refractivity contribution in [2.24, 2.45) is 0 Å². The third-order valence-electron chi connectivity index (χ3n) is 6.65. The van der Waals surface area contributed by atoms with Crippen molar-refractivity contribution in [1.29, 1.82) is 0 Å². The SMILES string of the molecule is O=C(c1ccco1)N1CCN(c2nc(Cc3ccccc3)nc3sc4c(c23)CCCC4)CC1. The first kappa shape index (κ1) is 20.4. The molecule has 0 unspecified atom stereocenters. The van der Waals surface area contributed by atoms with Crippen LogP contribution in [0.2, 0.25) is 0 Å². The fourth-order valence-corrected chi connectivity index (χ4v) is 6.22. The molecule has 0 radical (unpaired) electrons. The molecule has 2 aliphatic rings. The van der Waals surface area contributed by atoms with Crippen LogP contribution in [0, 0.1) is 0 Å². The van der Waals surface area contributed by atoms with Crippen LogP contribution in [0.3, 0.4) is 0 Å². The monoisotopic (exact) mass is 458 g/mol. The van der Waals surface area contributed by atoms with Crippen molar-refractivity contribution < 1.29 is 9.21 Å². The third kappa shape index (κ3) is 3.91. The predicted molar refractivity (Wildman–Crippen MR) is 130 cm³/mol. The van der Waals surface area contributed by atoms with Crippen LogP contribution >= 0.6 is 11.3 Å². The number of aromatic nitrogens is 2. The largest absolute Gasteiger partial charge is 0.459 e. The van der Waals surface area contributed by atoms with Gasteiger partial charge in [0.15, 0.2) is 5.76 Å². The van der Waals surface area contributed by atoms with E-state index in [4.69, 9.17) is 14.4 Å². The molecule has 0 saturated carbocycles. The number of piperazine rings is 1. The molecule has 0 atom stereocenters. The second-order valence-electron chi connectivity index (χ2n) is 8.77. The summed E-state index contributed by atoms with van der Waals surface area (Å²) in [5, 5.41) is 1.25. The van der Waals surface area contributed by atoms with E-state index >= 15 is 0 Å². The van der Waals surface area contributed by atoms with Gasteiger partial charge in [-0.2, -0.15) is 0 Å². The van der Waals surface area contributed by atoms with Crippen molar-refractivity contribution >= 4 is 33.3 Å². The number of thiophene rings is 1. The van der Waals surface area contributed by atoms with Gasteiger partial charge in [0.1, 0.15) is 16.5 Å². The molecule has 0 N–H and O–H groups in total. The zero-order chi connectivity index (χ0) is 22.2. The second kappa shape index (κ2) is 8.63. The van der Waals surface area contributed by atoms with Crippen LogP contribution in [0.5, 0.6) is 0 Å². The number of carbonyl (C=O) groups is 1. The van der Waals surface area contributed by atoms with E-state index in [-0.39, 0.29) is 5.91 Å². The third-order valence-corrected chi connectivity index (χ3v) is 7.83. The molecule has 1 fully saturated rings. The summed E-state index contributed by atoms with van der Waals surface area (Å²) in [5.74, 6) is 2.29. The summed E-state index contributed by atoms with van der Waals surface area (Å²) < 4.78 is 5.32. The molecule has 4 aromatic rings. The number of anilines is 1. The lowest BCUT2D eigenvalue weighted by Crippen LogP contribution is -2.49. The van der Waals surface area contributed by atoms with E-state index in [0.717, 1.165) is 48.8 Å². The molecule has 0 bridgehead atoms. The van der Waals surface area contributed by atoms with E-state index in [2.05, 4.69) is 29.2 Å². The van der Waals surface area contributed by atoms with Crippen LogP contribution in [-0.2, 0) is 19.3 Å². The Hall–Kier alpha value is -3.19. The van der Waals surface area contributed by atoms with Crippen LogP contribution in [0.4, 0.5) is 5.82 Å². The Morgan fingerprint density at radius 3 is 2.58 bits per heavy atom. The van der Waals surface area contributed by atoms with Gasteiger partial charge in [0.25, 0.3) is 5.91 Å². The molecule has 33 heavy (non-hydrogen) atoms. The van der Waals surface area contributed by atoms with Gasteiger partial charge in [-0.1, -0.05) is 30.3 Å². The summed E-state index contributed by atoms with van der Waals surface area (Å²) in [6.07, 6.45) is 7.02. The van der Waals surface area contributed by atoms with Gasteiger partial charge in [0.2, 0.25) is 0 Å². The zero-order valence-corrected chi connectivity index (χ0v) is 19.3. The van der Waals surface area contributed by atoms with E-state index < -0.39 is 0 Å². The van der Waals surface area contributed by atoms with Crippen molar-refractivity contribution in [3.8, 4) is 0 Å². The number of furan rings is 1. The molecule has 1 aromatic carbocycles. The first-order valence-electron chi connectivity index (χ1n) is 11.7. The molecular formula is C26H26N4O2S. The minimum absolute atomic E-state index is 0.0369. The quantitative estimate of drug-likeness (QED) is 0.443. The molecule has 1 saturated heterocycles. The van der Waals surface area contributed by atoms with Crippen molar-refractivity contribution in [2.45, 2.75) is 32.1 Å². The van der Waals surface area contributed by atoms with E-state index in [1.807, 2.05) is 22.3 Å². The van der Waals surface area contributed by atoms with Crippen molar-refractivity contribution in [2.75, 3.05) is 31.1 Å². The van der Waals surface area contributed by atoms with Gasteiger partial charge in [-0.15, -0.1) is 11.3 Å². The van der Waals surface area contributed by atoms with Gasteiger partial charge in [0.05, 0.1) is 11.6 Å². The highest BCUT2D eigenvalue weighted by molar-refractivity contribution is 7.19. The minimum Gasteiger partial charge on any atom is -0.459 e. The van der Waals surface area contributed by atoms with Gasteiger partial charge >= 0.3 is 0 Å². The van der Waals surface area contributed by atoms with E-state index in [1.165, 1.54) is 34.2 Å². The Bertz CT molecular complexity index is 1270. The summed E-state index contributed by atoms with van der Waals surface area (Å²) in [5.41, 5.74) is 2.68. The normalized spacial score (nSPS) is 16.2. The van der Waals surface area contributed by atoms with Gasteiger partial charge in [-0.25, -0.2) is 9.97 Å². The highest BCUT2D eigenvalue weighted by Gasteiger charge is 2.28. The number of aryl methyl sites for hydroxylation is 2. The molecule has 168 valence electrons. The summed E-state index contributed by atoms with van der Waals surface area (Å²) in [4.78, 5) is 29.7. The Kier molecular flexibility index (Phi) is 5.34. The molecule has 1 aliphatic carbocycles. The number of rotatable bonds is 4. The van der Waals surface area contributed by atoms with Crippen LogP contribution < -0.4 is 4.90 Å². The maximum Gasteiger partial charge on any atom is 0.289 e. The Morgan fingerprint density at radius 1 is 0.970 bits per heavy atom. The van der Waals surface area contributed by atoms with Crippen LogP contribution in [0.15, 0.2) is 53.1 Å². The molecule has 7 heteroatoms. The molecule has 1 amide bonds. The topological polar surface area (TPSA) is 62.5 Å². The Labute approximate surface area is 196 Å². The van der Waals surface area contributed by atoms with Crippen molar-refractivity contribution in [1.82, 2.24) is 14.9 Å². The molecule has 6 nitrogen and oxygen atoms in total. The number of amides is 1. The van der Waals surface area contributed by atoms with Gasteiger partial charge < -0.3 is 14.2 Å². The number of carbonyl (C=O) groups excluding carboxylic acids is 1. The summed E-state index contributed by atoms with van der Waals surface area (Å²) in [6.45, 7) is 2.83. The Balaban J connectivity index is 1.33. The van der Waals surface area contributed by atoms with E-state index in [9.17, 15) is 4.79 Å². The van der Waals surface area contributed by atoms with Crippen LogP contribution in [-0.4, -0.2) is 47.0 Å². The first-order chi connectivity index (χ1) is 16.3. The summed E-state index contributed by atoms with van der Waals surface area (Å²) in [6, 6.07) is 13.9. The van der Waals surface area contributed by atoms with E-state index in [1.54, 1.807) is 18.4 Å². The van der Waals surface area contributed by atoms with Gasteiger partial charge in [0, 0.05) is 37.5 Å². The highest BCUT2D eigenvalue weighted by Crippen LogP contribution is 2.40. The van der Waals surface area contributed by atoms with Gasteiger partial charge in [-0.05, 0) is 48.9 Å². The molecule has 1 aliphatic heterocycles. The summed E-state index contributed by atoms with van der Waals surface area (Å²) >= 11 is 1.85. The van der Waals surface area contributed by atoms with Gasteiger partial charge in [-0.3, -0.25) is 4.79 Å². The predicted octanol–water partition coefficient (Wildman–Crippen LogP) is 4.72. The van der Waals surface area contributed by atoms with Crippen LogP contribution in [0.25, 0.3) is 10.2 Å². The number of benzene rings is 1. The molecular weight excluding hydrogens is 432 g/mol. The van der Waals surface area contributed by atoms with Crippen LogP contribution in [0.1, 0.15) is 45.2 Å². The lowest BCUT2D eigenvalue weighted by Gasteiger charge is -2.35. The molecule has 4 heterocycles. The molecule has 6 rings (SSSR count). The fourth-order valence-electron chi connectivity index (χ4n) is 4.94. The van der Waals surface area contributed by atoms with Crippen molar-refractivity contribution in [3.63, 3.8) is 0 Å². The average molecular weight is 459 g/mol. The first-order valence-corrected chi connectivity index (χ1v) is 12.5. The summed E-state index contributed by atoms with van der Waals surface area (Å²) in [7, 11) is 0. The lowest BCUT2D eigenvalue weighted by atomic mass is 9.96. The number of fused-ring (bicyclic) bond motifs is 3. The minimum atomic E-state index is -0.0369. The number of hydrogen-bond acceptors (Lipinski definition) is 6. The zero-order valence-electron chi connectivity index (χ0n) is 18.5. The number of hydrogen-bond donors (Lipinski definition) is 0. The smallest absolute Gasteiger partial charge is 0.289 e. The highest BCUT2D eigenvalue weighted by atomic mass is 32.1. The second-order valence-corrected chi connectivity index (χ2v) is 9.86. The van der Waals surface area contributed by atoms with Crippen molar-refractivity contribution in [3.05, 3.63) is 76.3 Å². The lowest BCUT2D eigenvalue weighted by molar-refractivity contribution is 0.0714. The number of nitrogens with zero attached hydrogens (tertiary/aromatic N) is 4. The average Bonchev–Trinajstić information content (AvgIpc) is 3.52. The molecule has 0 spiro atoms. The maximum atomic E-state index is 12.7. The van der Waals surface area contributed by atoms with E-state index in [0.29, 0.717) is 18.8 Å². The molecule has 3 aromatic heterocycles. The maximum absolute atomic E-state index is 12.7. The fraction of sp³-hybridized carbons (Fsp3) is 0.346. The Morgan fingerprint density at radius 2 is 1.79 bits per heavy atom. The standard InChI is InChI=1S/C26H26N4O2S/c31-26(20-10-6-16-32-20)30-14-12-29(13-15-30)24-23-19-9-4-5-11-21(19)33-25(23)28-22(27-24)17-18-7-2-1-3-8-18/h1-3,6-8,10,16H,4-5,9,11-15,17H2.